The van der Waals surface area contributed by atoms with Crippen LogP contribution in [-0.4, -0.2) is 43.6 Å². The van der Waals surface area contributed by atoms with E-state index < -0.39 is 4.92 Å². The minimum Gasteiger partial charge on any atom is -0.340 e. The Morgan fingerprint density at radius 1 is 1.52 bits per heavy atom. The van der Waals surface area contributed by atoms with Gasteiger partial charge in [-0.15, -0.1) is 0 Å². The van der Waals surface area contributed by atoms with Crippen LogP contribution < -0.4 is 0 Å². The number of pyridine rings is 1. The molecule has 0 N–H and O–H groups in total. The molecule has 0 aliphatic carbocycles. The highest BCUT2D eigenvalue weighted by atomic mass is 16.6. The van der Waals surface area contributed by atoms with Gasteiger partial charge in [-0.3, -0.25) is 24.6 Å². The van der Waals surface area contributed by atoms with Gasteiger partial charge in [-0.25, -0.2) is 0 Å². The number of rotatable bonds is 4. The summed E-state index contributed by atoms with van der Waals surface area (Å²) < 4.78 is 1.30. The van der Waals surface area contributed by atoms with E-state index in [1.165, 1.54) is 10.9 Å². The normalized spacial score (nSPS) is 17.4. The summed E-state index contributed by atoms with van der Waals surface area (Å²) in [5.41, 5.74) is 2.06. The van der Waals surface area contributed by atoms with Crippen molar-refractivity contribution in [3.63, 3.8) is 0 Å². The number of hydrogen-bond acceptors (Lipinski definition) is 5. The fraction of sp³-hybridized carbons (Fsp3) is 0.400. The number of nitrogens with zero attached hydrogens (tertiary/aromatic N) is 5. The lowest BCUT2D eigenvalue weighted by atomic mass is 10.0. The molecule has 1 fully saturated rings. The maximum absolute atomic E-state index is 12.3. The number of nitro groups is 1. The molecule has 1 saturated heterocycles. The lowest BCUT2D eigenvalue weighted by molar-refractivity contribution is -0.385. The van der Waals surface area contributed by atoms with Crippen LogP contribution in [0.15, 0.2) is 30.7 Å². The number of amides is 1. The topological polar surface area (TPSA) is 94.2 Å². The molecule has 0 bridgehead atoms. The Bertz CT molecular complexity index is 742. The van der Waals surface area contributed by atoms with E-state index in [9.17, 15) is 14.9 Å². The standard InChI is InChI=1S/C15H17N5O3/c1-11-2-4-16-14(6-11)12-3-5-18(8-12)15(21)10-19-9-13(7-17-19)20(22)23/h2,4,6-7,9,12H,3,5,8,10H2,1H3/t12-/m1/s1. The molecular weight excluding hydrogens is 298 g/mol. The van der Waals surface area contributed by atoms with Crippen molar-refractivity contribution in [2.75, 3.05) is 13.1 Å². The third-order valence-electron chi connectivity index (χ3n) is 4.02. The highest BCUT2D eigenvalue weighted by molar-refractivity contribution is 5.76. The maximum atomic E-state index is 12.3. The molecule has 0 aromatic carbocycles. The second-order valence-electron chi connectivity index (χ2n) is 5.74. The molecule has 0 saturated carbocycles. The molecule has 3 rings (SSSR count). The largest absolute Gasteiger partial charge is 0.340 e. The van der Waals surface area contributed by atoms with Crippen LogP contribution in [0.3, 0.4) is 0 Å². The zero-order chi connectivity index (χ0) is 16.4. The summed E-state index contributed by atoms with van der Waals surface area (Å²) >= 11 is 0. The highest BCUT2D eigenvalue weighted by Gasteiger charge is 2.28. The number of carbonyl (C=O) groups excluding carboxylic acids is 1. The maximum Gasteiger partial charge on any atom is 0.307 e. The lowest BCUT2D eigenvalue weighted by Gasteiger charge is -2.16. The first-order valence-corrected chi connectivity index (χ1v) is 7.40. The fourth-order valence-corrected chi connectivity index (χ4v) is 2.78. The Morgan fingerprint density at radius 3 is 3.04 bits per heavy atom. The molecule has 0 radical (unpaired) electrons. The van der Waals surface area contributed by atoms with E-state index in [1.54, 1.807) is 11.1 Å². The van der Waals surface area contributed by atoms with Crippen molar-refractivity contribution in [3.8, 4) is 0 Å². The predicted octanol–water partition coefficient (Wildman–Crippen LogP) is 1.51. The van der Waals surface area contributed by atoms with Crippen molar-refractivity contribution >= 4 is 11.6 Å². The van der Waals surface area contributed by atoms with Crippen molar-refractivity contribution in [1.29, 1.82) is 0 Å². The molecule has 0 unspecified atom stereocenters. The van der Waals surface area contributed by atoms with Crippen LogP contribution in [0.25, 0.3) is 0 Å². The summed E-state index contributed by atoms with van der Waals surface area (Å²) in [4.78, 5) is 28.6. The van der Waals surface area contributed by atoms with Crippen LogP contribution in [-0.2, 0) is 11.3 Å². The van der Waals surface area contributed by atoms with Gasteiger partial charge in [0.2, 0.25) is 5.91 Å². The SMILES string of the molecule is Cc1ccnc([C@@H]2CCN(C(=O)Cn3cc([N+](=O)[O-])cn3)C2)c1. The minimum atomic E-state index is -0.525. The Balaban J connectivity index is 1.62. The molecule has 0 spiro atoms. The Labute approximate surface area is 132 Å². The summed E-state index contributed by atoms with van der Waals surface area (Å²) in [6, 6.07) is 4.00. The van der Waals surface area contributed by atoms with Gasteiger partial charge in [0.1, 0.15) is 18.9 Å². The average molecular weight is 315 g/mol. The fourth-order valence-electron chi connectivity index (χ4n) is 2.78. The molecule has 1 amide bonds. The van der Waals surface area contributed by atoms with Crippen LogP contribution in [0.1, 0.15) is 23.6 Å². The number of aromatic nitrogens is 3. The molecule has 8 heteroatoms. The van der Waals surface area contributed by atoms with Gasteiger partial charge < -0.3 is 4.90 Å². The second kappa shape index (κ2) is 6.15. The Kier molecular flexibility index (Phi) is 4.05. The van der Waals surface area contributed by atoms with Crippen molar-refractivity contribution in [3.05, 3.63) is 52.1 Å². The summed E-state index contributed by atoms with van der Waals surface area (Å²) in [6.45, 7) is 3.33. The van der Waals surface area contributed by atoms with Crippen LogP contribution >= 0.6 is 0 Å². The summed E-state index contributed by atoms with van der Waals surface area (Å²) in [6.07, 6.45) is 5.09. The zero-order valence-corrected chi connectivity index (χ0v) is 12.8. The second-order valence-corrected chi connectivity index (χ2v) is 5.74. The van der Waals surface area contributed by atoms with E-state index in [2.05, 4.69) is 16.1 Å². The first-order valence-electron chi connectivity index (χ1n) is 7.40. The molecule has 1 aliphatic heterocycles. The number of likely N-dealkylation sites (tertiary alicyclic amines) is 1. The molecule has 2 aromatic rings. The van der Waals surface area contributed by atoms with Gasteiger partial charge in [0.05, 0.1) is 4.92 Å². The van der Waals surface area contributed by atoms with E-state index in [0.29, 0.717) is 13.1 Å². The smallest absolute Gasteiger partial charge is 0.307 e. The van der Waals surface area contributed by atoms with Gasteiger partial charge in [-0.2, -0.15) is 5.10 Å². The first kappa shape index (κ1) is 15.1. The number of hydrogen-bond donors (Lipinski definition) is 0. The Morgan fingerprint density at radius 2 is 2.35 bits per heavy atom. The highest BCUT2D eigenvalue weighted by Crippen LogP contribution is 2.26. The van der Waals surface area contributed by atoms with E-state index >= 15 is 0 Å². The van der Waals surface area contributed by atoms with Crippen LogP contribution in [0, 0.1) is 17.0 Å². The number of carbonyl (C=O) groups is 1. The van der Waals surface area contributed by atoms with Gasteiger partial charge in [0, 0.05) is 30.9 Å². The zero-order valence-electron chi connectivity index (χ0n) is 12.8. The predicted molar refractivity (Wildman–Crippen MR) is 81.8 cm³/mol. The van der Waals surface area contributed by atoms with E-state index in [4.69, 9.17) is 0 Å². The molecule has 23 heavy (non-hydrogen) atoms. The lowest BCUT2D eigenvalue weighted by Crippen LogP contribution is -2.31. The van der Waals surface area contributed by atoms with Crippen molar-refractivity contribution in [2.45, 2.75) is 25.8 Å². The van der Waals surface area contributed by atoms with Crippen LogP contribution in [0.4, 0.5) is 5.69 Å². The van der Waals surface area contributed by atoms with E-state index in [0.717, 1.165) is 23.9 Å². The van der Waals surface area contributed by atoms with Gasteiger partial charge in [0.25, 0.3) is 0 Å². The molecule has 1 aliphatic rings. The van der Waals surface area contributed by atoms with Crippen LogP contribution in [0.2, 0.25) is 0 Å². The van der Waals surface area contributed by atoms with Gasteiger partial charge in [0.15, 0.2) is 0 Å². The van der Waals surface area contributed by atoms with Gasteiger partial charge in [-0.1, -0.05) is 0 Å². The third kappa shape index (κ3) is 3.36. The molecule has 3 heterocycles. The summed E-state index contributed by atoms with van der Waals surface area (Å²) in [5, 5.41) is 14.5. The molecule has 8 nitrogen and oxygen atoms in total. The van der Waals surface area contributed by atoms with Crippen molar-refractivity contribution in [2.24, 2.45) is 0 Å². The monoisotopic (exact) mass is 315 g/mol. The third-order valence-corrected chi connectivity index (χ3v) is 4.02. The molecule has 2 aromatic heterocycles. The number of aryl methyl sites for hydroxylation is 1. The van der Waals surface area contributed by atoms with Crippen LogP contribution in [0.5, 0.6) is 0 Å². The minimum absolute atomic E-state index is 0.0157. The average Bonchev–Trinajstić information content (AvgIpc) is 3.16. The van der Waals surface area contributed by atoms with E-state index in [-0.39, 0.29) is 24.1 Å². The molecular formula is C15H17N5O3. The van der Waals surface area contributed by atoms with Crippen molar-refractivity contribution in [1.82, 2.24) is 19.7 Å². The molecule has 1 atom stereocenters. The molecule has 120 valence electrons. The van der Waals surface area contributed by atoms with E-state index in [1.807, 2.05) is 13.0 Å². The first-order chi connectivity index (χ1) is 11.0. The van der Waals surface area contributed by atoms with Gasteiger partial charge >= 0.3 is 5.69 Å². The summed E-state index contributed by atoms with van der Waals surface area (Å²) in [7, 11) is 0. The quantitative estimate of drug-likeness (QED) is 0.629. The Hall–Kier alpha value is -2.77. The van der Waals surface area contributed by atoms with Gasteiger partial charge in [-0.05, 0) is 31.0 Å². The van der Waals surface area contributed by atoms with Crippen molar-refractivity contribution < 1.29 is 9.72 Å². The summed E-state index contributed by atoms with van der Waals surface area (Å²) in [5.74, 6) is 0.156.